The van der Waals surface area contributed by atoms with Crippen molar-refractivity contribution in [2.45, 2.75) is 25.1 Å². The number of fused-ring (bicyclic) bond motifs is 3. The van der Waals surface area contributed by atoms with E-state index >= 15 is 0 Å². The first kappa shape index (κ1) is 11.7. The van der Waals surface area contributed by atoms with Gasteiger partial charge in [0.25, 0.3) is 0 Å². The molecule has 0 aromatic heterocycles. The summed E-state index contributed by atoms with van der Waals surface area (Å²) in [5.41, 5.74) is 3.46. The first-order valence-electron chi connectivity index (χ1n) is 6.22. The molecule has 2 nitrogen and oxygen atoms in total. The number of aryl methyl sites for hydroxylation is 1. The van der Waals surface area contributed by atoms with Crippen LogP contribution >= 0.6 is 11.6 Å². The molecule has 1 heterocycles. The Morgan fingerprint density at radius 2 is 2.22 bits per heavy atom. The fourth-order valence-corrected chi connectivity index (χ4v) is 3.13. The fourth-order valence-electron chi connectivity index (χ4n) is 2.91. The van der Waals surface area contributed by atoms with Gasteiger partial charge in [-0.3, -0.25) is 0 Å². The zero-order chi connectivity index (χ0) is 12.9. The monoisotopic (exact) mass is 261 g/mol. The Morgan fingerprint density at radius 1 is 1.44 bits per heavy atom. The van der Waals surface area contributed by atoms with Gasteiger partial charge in [0, 0.05) is 35.0 Å². The molecule has 1 aliphatic heterocycles. The second-order valence-electron chi connectivity index (χ2n) is 5.02. The van der Waals surface area contributed by atoms with E-state index < -0.39 is 0 Å². The number of hydrogen-bond donors (Lipinski definition) is 2. The van der Waals surface area contributed by atoms with Crippen molar-refractivity contribution in [3.05, 3.63) is 35.4 Å². The lowest BCUT2D eigenvalue weighted by Gasteiger charge is -2.17. The largest absolute Gasteiger partial charge is 0.507 e. The second-order valence-corrected chi connectivity index (χ2v) is 5.71. The van der Waals surface area contributed by atoms with Gasteiger partial charge in [0.1, 0.15) is 5.75 Å². The quantitative estimate of drug-likeness (QED) is 0.761. The summed E-state index contributed by atoms with van der Waals surface area (Å²) in [4.78, 5) is 0. The molecule has 1 aliphatic rings. The highest BCUT2D eigenvalue weighted by Gasteiger charge is 2.29. The van der Waals surface area contributed by atoms with Crippen LogP contribution in [0.3, 0.4) is 0 Å². The maximum Gasteiger partial charge on any atom is 0.125 e. The van der Waals surface area contributed by atoms with Crippen LogP contribution in [0.4, 0.5) is 5.69 Å². The molecule has 18 heavy (non-hydrogen) atoms. The SMILES string of the molecule is Cc1cccc2c(O)cc3c(c12)C(C(C)Cl)CN3. The van der Waals surface area contributed by atoms with Gasteiger partial charge < -0.3 is 10.4 Å². The smallest absolute Gasteiger partial charge is 0.125 e. The fraction of sp³-hybridized carbons (Fsp3) is 0.333. The Labute approximate surface area is 112 Å². The van der Waals surface area contributed by atoms with E-state index in [9.17, 15) is 5.11 Å². The summed E-state index contributed by atoms with van der Waals surface area (Å²) < 4.78 is 0. The van der Waals surface area contributed by atoms with Gasteiger partial charge in [-0.05, 0) is 30.4 Å². The van der Waals surface area contributed by atoms with E-state index in [0.29, 0.717) is 11.7 Å². The highest BCUT2D eigenvalue weighted by molar-refractivity contribution is 6.21. The van der Waals surface area contributed by atoms with Crippen LogP contribution in [0.25, 0.3) is 10.8 Å². The van der Waals surface area contributed by atoms with Crippen LogP contribution in [0.2, 0.25) is 0 Å². The average Bonchev–Trinajstić information content (AvgIpc) is 2.73. The summed E-state index contributed by atoms with van der Waals surface area (Å²) in [5, 5.41) is 15.6. The van der Waals surface area contributed by atoms with Gasteiger partial charge in [-0.25, -0.2) is 0 Å². The third-order valence-electron chi connectivity index (χ3n) is 3.83. The van der Waals surface area contributed by atoms with Crippen molar-refractivity contribution in [1.29, 1.82) is 0 Å². The molecule has 3 heteroatoms. The molecule has 0 saturated carbocycles. The first-order chi connectivity index (χ1) is 8.59. The van der Waals surface area contributed by atoms with Crippen LogP contribution in [0.1, 0.15) is 24.0 Å². The van der Waals surface area contributed by atoms with Crippen LogP contribution in [0, 0.1) is 6.92 Å². The van der Waals surface area contributed by atoms with Crippen molar-refractivity contribution in [3.63, 3.8) is 0 Å². The molecule has 0 bridgehead atoms. The van der Waals surface area contributed by atoms with Crippen molar-refractivity contribution in [3.8, 4) is 5.75 Å². The number of phenols is 1. The van der Waals surface area contributed by atoms with Gasteiger partial charge in [-0.2, -0.15) is 0 Å². The second kappa shape index (κ2) is 4.06. The summed E-state index contributed by atoms with van der Waals surface area (Å²) in [6, 6.07) is 7.84. The number of anilines is 1. The molecule has 0 saturated heterocycles. The highest BCUT2D eigenvalue weighted by atomic mass is 35.5. The topological polar surface area (TPSA) is 32.3 Å². The van der Waals surface area contributed by atoms with Gasteiger partial charge in [-0.1, -0.05) is 18.2 Å². The van der Waals surface area contributed by atoms with E-state index in [2.05, 4.69) is 18.3 Å². The van der Waals surface area contributed by atoms with E-state index in [1.165, 1.54) is 11.1 Å². The molecule has 2 aromatic rings. The molecule has 2 atom stereocenters. The minimum Gasteiger partial charge on any atom is -0.507 e. The van der Waals surface area contributed by atoms with Gasteiger partial charge in [0.2, 0.25) is 0 Å². The number of rotatable bonds is 1. The first-order valence-corrected chi connectivity index (χ1v) is 6.66. The van der Waals surface area contributed by atoms with E-state index in [1.54, 1.807) is 0 Å². The molecule has 94 valence electrons. The third kappa shape index (κ3) is 1.56. The van der Waals surface area contributed by atoms with Gasteiger partial charge in [0.15, 0.2) is 0 Å². The number of benzene rings is 2. The summed E-state index contributed by atoms with van der Waals surface area (Å²) >= 11 is 6.30. The molecule has 2 aromatic carbocycles. The average molecular weight is 262 g/mol. The van der Waals surface area contributed by atoms with Crippen molar-refractivity contribution in [1.82, 2.24) is 0 Å². The van der Waals surface area contributed by atoms with Crippen LogP contribution in [-0.4, -0.2) is 17.0 Å². The van der Waals surface area contributed by atoms with Gasteiger partial charge in [0.05, 0.1) is 0 Å². The lowest BCUT2D eigenvalue weighted by Crippen LogP contribution is -2.11. The molecule has 0 spiro atoms. The Bertz CT molecular complexity index is 621. The Hall–Kier alpha value is -1.41. The van der Waals surface area contributed by atoms with Crippen LogP contribution < -0.4 is 5.32 Å². The molecule has 0 radical (unpaired) electrons. The van der Waals surface area contributed by atoms with Gasteiger partial charge >= 0.3 is 0 Å². The van der Waals surface area contributed by atoms with E-state index in [4.69, 9.17) is 11.6 Å². The molecule has 0 amide bonds. The van der Waals surface area contributed by atoms with E-state index in [1.807, 2.05) is 25.1 Å². The number of nitrogens with one attached hydrogen (secondary N) is 1. The number of hydrogen-bond acceptors (Lipinski definition) is 2. The molecule has 2 unspecified atom stereocenters. The lowest BCUT2D eigenvalue weighted by atomic mass is 9.90. The number of halogens is 1. The molecule has 3 rings (SSSR count). The Morgan fingerprint density at radius 3 is 2.94 bits per heavy atom. The molecular formula is C15H16ClNO. The molecule has 0 fully saturated rings. The highest BCUT2D eigenvalue weighted by Crippen LogP contribution is 2.44. The number of alkyl halides is 1. The summed E-state index contributed by atoms with van der Waals surface area (Å²) in [6.07, 6.45) is 0. The van der Waals surface area contributed by atoms with Crippen LogP contribution in [-0.2, 0) is 0 Å². The number of aromatic hydroxyl groups is 1. The maximum absolute atomic E-state index is 10.1. The van der Waals surface area contributed by atoms with Gasteiger partial charge in [-0.15, -0.1) is 11.6 Å². The summed E-state index contributed by atoms with van der Waals surface area (Å²) in [6.45, 7) is 4.95. The summed E-state index contributed by atoms with van der Waals surface area (Å²) in [5.74, 6) is 0.633. The van der Waals surface area contributed by atoms with Crippen molar-refractivity contribution >= 4 is 28.1 Å². The Balaban J connectivity index is 2.39. The predicted octanol–water partition coefficient (Wildman–Crippen LogP) is 3.99. The van der Waals surface area contributed by atoms with E-state index in [0.717, 1.165) is 23.0 Å². The molecule has 2 N–H and O–H groups in total. The minimum atomic E-state index is 0.0751. The van der Waals surface area contributed by atoms with E-state index in [-0.39, 0.29) is 5.38 Å². The minimum absolute atomic E-state index is 0.0751. The van der Waals surface area contributed by atoms with Crippen LogP contribution in [0.5, 0.6) is 5.75 Å². The third-order valence-corrected chi connectivity index (χ3v) is 4.13. The predicted molar refractivity (Wildman–Crippen MR) is 76.9 cm³/mol. The summed E-state index contributed by atoms with van der Waals surface area (Å²) in [7, 11) is 0. The Kier molecular flexibility index (Phi) is 2.63. The zero-order valence-electron chi connectivity index (χ0n) is 10.5. The zero-order valence-corrected chi connectivity index (χ0v) is 11.3. The van der Waals surface area contributed by atoms with Crippen molar-refractivity contribution in [2.24, 2.45) is 0 Å². The van der Waals surface area contributed by atoms with Crippen LogP contribution in [0.15, 0.2) is 24.3 Å². The van der Waals surface area contributed by atoms with Crippen molar-refractivity contribution < 1.29 is 5.11 Å². The van der Waals surface area contributed by atoms with Crippen molar-refractivity contribution in [2.75, 3.05) is 11.9 Å². The molecule has 0 aliphatic carbocycles. The maximum atomic E-state index is 10.1. The standard InChI is InChI=1S/C15H16ClNO/c1-8-4-3-5-10-13(18)6-12-15(14(8)10)11(7-17-12)9(2)16/h3-6,9,11,17-18H,7H2,1-2H3. The molecular weight excluding hydrogens is 246 g/mol. The normalized spacial score (nSPS) is 19.6. The number of phenolic OH excluding ortho intramolecular Hbond substituents is 1. The lowest BCUT2D eigenvalue weighted by molar-refractivity contribution is 0.482.